The van der Waals surface area contributed by atoms with Crippen molar-refractivity contribution in [3.63, 3.8) is 0 Å². The van der Waals surface area contributed by atoms with Gasteiger partial charge in [-0.1, -0.05) is 19.9 Å². The van der Waals surface area contributed by atoms with E-state index in [1.807, 2.05) is 18.3 Å². The third-order valence-corrected chi connectivity index (χ3v) is 4.52. The first-order chi connectivity index (χ1) is 10.0. The molecule has 0 unspecified atom stereocenters. The molecule has 0 bridgehead atoms. The molecule has 2 nitrogen and oxygen atoms in total. The Kier molecular flexibility index (Phi) is 3.68. The number of pyridine rings is 1. The van der Waals surface area contributed by atoms with Gasteiger partial charge in [-0.15, -0.1) is 11.3 Å². The van der Waals surface area contributed by atoms with Gasteiger partial charge < -0.3 is 4.74 Å². The second-order valence-corrected chi connectivity index (χ2v) is 6.64. The number of hydrogen-bond acceptors (Lipinski definition) is 3. The molecule has 0 atom stereocenters. The molecule has 0 aliphatic rings. The van der Waals surface area contributed by atoms with Crippen LogP contribution in [-0.2, 0) is 0 Å². The highest BCUT2D eigenvalue weighted by atomic mass is 32.1. The Morgan fingerprint density at radius 3 is 2.48 bits per heavy atom. The van der Waals surface area contributed by atoms with Crippen molar-refractivity contribution in [1.29, 1.82) is 0 Å². The van der Waals surface area contributed by atoms with Crippen LogP contribution in [0.25, 0.3) is 10.1 Å². The lowest BCUT2D eigenvalue weighted by Gasteiger charge is -2.08. The van der Waals surface area contributed by atoms with Crippen molar-refractivity contribution in [1.82, 2.24) is 4.98 Å². The normalized spacial score (nSPS) is 11.3. The highest BCUT2D eigenvalue weighted by Crippen LogP contribution is 2.37. The molecule has 0 saturated carbocycles. The molecule has 3 aromatic rings. The number of thiophene rings is 1. The van der Waals surface area contributed by atoms with Crippen molar-refractivity contribution in [2.45, 2.75) is 33.6 Å². The highest BCUT2D eigenvalue weighted by Gasteiger charge is 2.13. The molecule has 0 spiro atoms. The third-order valence-electron chi connectivity index (χ3n) is 3.52. The average Bonchev–Trinajstić information content (AvgIpc) is 2.82. The maximum Gasteiger partial charge on any atom is 0.237 e. The van der Waals surface area contributed by atoms with E-state index >= 15 is 0 Å². The van der Waals surface area contributed by atoms with Gasteiger partial charge in [0.25, 0.3) is 0 Å². The maximum absolute atomic E-state index is 6.05. The van der Waals surface area contributed by atoms with Crippen LogP contribution in [0.1, 0.15) is 36.5 Å². The summed E-state index contributed by atoms with van der Waals surface area (Å²) in [5.41, 5.74) is 3.76. The van der Waals surface area contributed by atoms with E-state index in [0.717, 1.165) is 10.4 Å². The van der Waals surface area contributed by atoms with Crippen LogP contribution >= 0.6 is 11.3 Å². The smallest absolute Gasteiger partial charge is 0.237 e. The first kappa shape index (κ1) is 14.1. The molecule has 0 radical (unpaired) electrons. The SMILES string of the molecule is Cc1cc(C)cc(Oc2nccc3c(C(C)C)csc23)c1. The molecule has 108 valence electrons. The van der Waals surface area contributed by atoms with Gasteiger partial charge in [0, 0.05) is 11.6 Å². The molecule has 2 aromatic heterocycles. The molecule has 0 saturated heterocycles. The molecule has 0 aliphatic carbocycles. The fourth-order valence-electron chi connectivity index (χ4n) is 2.58. The molecular weight excluding hydrogens is 278 g/mol. The zero-order chi connectivity index (χ0) is 15.0. The Morgan fingerprint density at radius 2 is 1.81 bits per heavy atom. The Morgan fingerprint density at radius 1 is 1.10 bits per heavy atom. The predicted molar refractivity (Wildman–Crippen MR) is 89.7 cm³/mol. The molecule has 0 amide bonds. The highest BCUT2D eigenvalue weighted by molar-refractivity contribution is 7.17. The summed E-state index contributed by atoms with van der Waals surface area (Å²) in [5.74, 6) is 2.07. The summed E-state index contributed by atoms with van der Waals surface area (Å²) in [6.45, 7) is 8.59. The van der Waals surface area contributed by atoms with E-state index in [-0.39, 0.29) is 0 Å². The second-order valence-electron chi connectivity index (χ2n) is 5.76. The zero-order valence-corrected chi connectivity index (χ0v) is 13.6. The van der Waals surface area contributed by atoms with Crippen LogP contribution in [-0.4, -0.2) is 4.98 Å². The van der Waals surface area contributed by atoms with Crippen LogP contribution in [0.15, 0.2) is 35.8 Å². The number of ether oxygens (including phenoxy) is 1. The van der Waals surface area contributed by atoms with Crippen molar-refractivity contribution in [2.24, 2.45) is 0 Å². The van der Waals surface area contributed by atoms with E-state index in [9.17, 15) is 0 Å². The van der Waals surface area contributed by atoms with Crippen molar-refractivity contribution >= 4 is 21.4 Å². The molecule has 2 heterocycles. The number of aromatic nitrogens is 1. The number of hydrogen-bond donors (Lipinski definition) is 0. The summed E-state index contributed by atoms with van der Waals surface area (Å²) < 4.78 is 7.17. The molecule has 0 N–H and O–H groups in total. The van der Waals surface area contributed by atoms with Gasteiger partial charge >= 0.3 is 0 Å². The third kappa shape index (κ3) is 2.79. The van der Waals surface area contributed by atoms with Crippen molar-refractivity contribution in [2.75, 3.05) is 0 Å². The number of nitrogens with zero attached hydrogens (tertiary/aromatic N) is 1. The quantitative estimate of drug-likeness (QED) is 0.607. The van der Waals surface area contributed by atoms with Gasteiger partial charge in [0.15, 0.2) is 0 Å². The molecule has 0 aliphatic heterocycles. The Bertz CT molecular complexity index is 769. The minimum absolute atomic E-state index is 0.509. The summed E-state index contributed by atoms with van der Waals surface area (Å²) in [5, 5.41) is 3.47. The van der Waals surface area contributed by atoms with Gasteiger partial charge in [-0.2, -0.15) is 0 Å². The predicted octanol–water partition coefficient (Wildman–Crippen LogP) is 5.83. The van der Waals surface area contributed by atoms with E-state index in [4.69, 9.17) is 4.74 Å². The van der Waals surface area contributed by atoms with Crippen LogP contribution in [0.5, 0.6) is 11.6 Å². The van der Waals surface area contributed by atoms with Gasteiger partial charge in [0.05, 0.1) is 4.70 Å². The van der Waals surface area contributed by atoms with Gasteiger partial charge in [0.2, 0.25) is 5.88 Å². The first-order valence-corrected chi connectivity index (χ1v) is 8.05. The molecular formula is C18H19NOS. The van der Waals surface area contributed by atoms with Crippen molar-refractivity contribution in [3.8, 4) is 11.6 Å². The van der Waals surface area contributed by atoms with Crippen LogP contribution in [0, 0.1) is 13.8 Å². The first-order valence-electron chi connectivity index (χ1n) is 7.17. The standard InChI is InChI=1S/C18H19NOS/c1-11(2)16-10-21-17-15(16)5-6-19-18(17)20-14-8-12(3)7-13(4)9-14/h5-11H,1-4H3. The van der Waals surface area contributed by atoms with Crippen molar-refractivity contribution < 1.29 is 4.74 Å². The van der Waals surface area contributed by atoms with Gasteiger partial charge in [-0.05, 0) is 60.0 Å². The molecule has 3 rings (SSSR count). The number of benzene rings is 1. The number of rotatable bonds is 3. The zero-order valence-electron chi connectivity index (χ0n) is 12.8. The molecule has 3 heteroatoms. The fourth-order valence-corrected chi connectivity index (χ4v) is 3.73. The molecule has 0 fully saturated rings. The fraction of sp³-hybridized carbons (Fsp3) is 0.278. The number of aryl methyl sites for hydroxylation is 2. The average molecular weight is 297 g/mol. The number of fused-ring (bicyclic) bond motifs is 1. The lowest BCUT2D eigenvalue weighted by Crippen LogP contribution is -1.90. The second kappa shape index (κ2) is 5.49. The summed E-state index contributed by atoms with van der Waals surface area (Å²) in [4.78, 5) is 4.42. The van der Waals surface area contributed by atoms with Gasteiger partial charge in [-0.25, -0.2) is 4.98 Å². The van der Waals surface area contributed by atoms with Crippen LogP contribution in [0.2, 0.25) is 0 Å². The Balaban J connectivity index is 2.04. The molecule has 1 aromatic carbocycles. The van der Waals surface area contributed by atoms with E-state index in [1.54, 1.807) is 11.3 Å². The lowest BCUT2D eigenvalue weighted by molar-refractivity contribution is 0.469. The summed E-state index contributed by atoms with van der Waals surface area (Å²) >= 11 is 1.71. The minimum atomic E-state index is 0.509. The van der Waals surface area contributed by atoms with Crippen molar-refractivity contribution in [3.05, 3.63) is 52.5 Å². The van der Waals surface area contributed by atoms with Crippen LogP contribution in [0.4, 0.5) is 0 Å². The Hall–Kier alpha value is -1.87. The van der Waals surface area contributed by atoms with Crippen LogP contribution in [0.3, 0.4) is 0 Å². The minimum Gasteiger partial charge on any atom is -0.438 e. The van der Waals surface area contributed by atoms with E-state index < -0.39 is 0 Å². The summed E-state index contributed by atoms with van der Waals surface area (Å²) in [6.07, 6.45) is 1.83. The summed E-state index contributed by atoms with van der Waals surface area (Å²) in [7, 11) is 0. The van der Waals surface area contributed by atoms with Crippen LogP contribution < -0.4 is 4.74 Å². The van der Waals surface area contributed by atoms with E-state index in [0.29, 0.717) is 11.8 Å². The Labute approximate surface area is 129 Å². The van der Waals surface area contributed by atoms with E-state index in [1.165, 1.54) is 22.1 Å². The lowest BCUT2D eigenvalue weighted by atomic mass is 10.0. The monoisotopic (exact) mass is 297 g/mol. The summed E-state index contributed by atoms with van der Waals surface area (Å²) in [6, 6.07) is 8.31. The van der Waals surface area contributed by atoms with Gasteiger partial charge in [0.1, 0.15) is 5.75 Å². The van der Waals surface area contributed by atoms with E-state index in [2.05, 4.69) is 50.2 Å². The topological polar surface area (TPSA) is 22.1 Å². The largest absolute Gasteiger partial charge is 0.438 e. The maximum atomic E-state index is 6.05. The molecule has 21 heavy (non-hydrogen) atoms. The van der Waals surface area contributed by atoms with Gasteiger partial charge in [-0.3, -0.25) is 0 Å².